The van der Waals surface area contributed by atoms with E-state index in [0.29, 0.717) is 16.8 Å². The molecule has 1 aliphatic heterocycles. The van der Waals surface area contributed by atoms with Crippen molar-refractivity contribution in [2.24, 2.45) is 5.73 Å². The maximum absolute atomic E-state index is 14.5. The maximum Gasteiger partial charge on any atom is 0.493 e. The third-order valence-corrected chi connectivity index (χ3v) is 4.37. The molecule has 0 unspecified atom stereocenters. The average molecular weight is 444 g/mol. The summed E-state index contributed by atoms with van der Waals surface area (Å²) in [6.45, 7) is -0.0544. The van der Waals surface area contributed by atoms with Crippen LogP contribution < -0.4 is 15.9 Å². The van der Waals surface area contributed by atoms with Gasteiger partial charge in [-0.1, -0.05) is 6.07 Å². The van der Waals surface area contributed by atoms with Crippen LogP contribution in [0.15, 0.2) is 30.3 Å². The van der Waals surface area contributed by atoms with Gasteiger partial charge in [-0.2, -0.15) is 13.2 Å². The number of benzene rings is 2. The molecule has 1 amide bonds. The molecule has 0 aromatic heterocycles. The van der Waals surface area contributed by atoms with E-state index in [4.69, 9.17) is 5.73 Å². The molecule has 1 aliphatic rings. The number of carbonyl (C=O) groups excluding carboxylic acids is 2. The first-order valence-electron chi connectivity index (χ1n) is 8.80. The van der Waals surface area contributed by atoms with Gasteiger partial charge in [-0.05, 0) is 38.4 Å². The molecule has 0 saturated carbocycles. The molecule has 0 spiro atoms. The molecule has 2 N–H and O–H groups in total. The van der Waals surface area contributed by atoms with Crippen molar-refractivity contribution in [1.82, 2.24) is 4.90 Å². The second kappa shape index (κ2) is 8.02. The van der Waals surface area contributed by atoms with E-state index in [2.05, 4.69) is 4.84 Å². The van der Waals surface area contributed by atoms with Gasteiger partial charge in [-0.15, -0.1) is 5.17 Å². The van der Waals surface area contributed by atoms with Crippen molar-refractivity contribution < 1.29 is 36.4 Å². The minimum absolute atomic E-state index is 0.00186. The molecule has 12 heteroatoms. The van der Waals surface area contributed by atoms with Crippen LogP contribution in [0, 0.1) is 11.6 Å². The highest BCUT2D eigenvalue weighted by Crippen LogP contribution is 2.39. The Labute approximate surface area is 173 Å². The van der Waals surface area contributed by atoms with Gasteiger partial charge in [-0.25, -0.2) is 18.6 Å². The van der Waals surface area contributed by atoms with E-state index in [9.17, 15) is 31.5 Å². The number of alkyl halides is 3. The van der Waals surface area contributed by atoms with Gasteiger partial charge in [0.15, 0.2) is 0 Å². The molecule has 3 rings (SSSR count). The van der Waals surface area contributed by atoms with Crippen molar-refractivity contribution in [3.05, 3.63) is 58.7 Å². The predicted octanol–water partition coefficient (Wildman–Crippen LogP) is 2.89. The maximum atomic E-state index is 14.5. The molecular weight excluding hydrogens is 427 g/mol. The summed E-state index contributed by atoms with van der Waals surface area (Å²) in [5, 5.41) is 1.34. The van der Waals surface area contributed by atoms with Crippen LogP contribution in [0.2, 0.25) is 0 Å². The smallest absolute Gasteiger partial charge is 0.366 e. The summed E-state index contributed by atoms with van der Waals surface area (Å²) in [7, 11) is 3.45. The number of primary amides is 1. The highest BCUT2D eigenvalue weighted by molar-refractivity contribution is 6.00. The lowest BCUT2D eigenvalue weighted by Gasteiger charge is -2.30. The Morgan fingerprint density at radius 3 is 2.39 bits per heavy atom. The number of hydrogen-bond acceptors (Lipinski definition) is 6. The number of anilines is 2. The summed E-state index contributed by atoms with van der Waals surface area (Å²) < 4.78 is 67.0. The SMILES string of the molecule is CN(C)Cc1ccc(N2Cc3cc(F)cc(C(N)=O)c3N2OC(=O)C(F)(F)F)cc1F. The lowest BCUT2D eigenvalue weighted by atomic mass is 10.1. The Balaban J connectivity index is 2.09. The summed E-state index contributed by atoms with van der Waals surface area (Å²) in [6, 6.07) is 5.49. The molecule has 1 heterocycles. The van der Waals surface area contributed by atoms with Crippen molar-refractivity contribution >= 4 is 23.3 Å². The van der Waals surface area contributed by atoms with Crippen molar-refractivity contribution in [1.29, 1.82) is 0 Å². The standard InChI is InChI=1S/C19H17F5N4O3/c1-26(2)8-10-3-4-13(7-15(10)21)27-9-11-5-12(20)6-14(17(25)29)16(11)28(27)31-18(30)19(22,23)24/h3-7H,8-9H2,1-2H3,(H2,25,29). The van der Waals surface area contributed by atoms with Gasteiger partial charge in [0.25, 0.3) is 5.91 Å². The van der Waals surface area contributed by atoms with E-state index in [1.807, 2.05) is 0 Å². The van der Waals surface area contributed by atoms with E-state index in [-0.39, 0.29) is 30.0 Å². The van der Waals surface area contributed by atoms with Gasteiger partial charge < -0.3 is 15.5 Å². The highest BCUT2D eigenvalue weighted by atomic mass is 19.4. The van der Waals surface area contributed by atoms with Crippen LogP contribution in [-0.2, 0) is 22.7 Å². The number of carbonyl (C=O) groups is 2. The average Bonchev–Trinajstić information content (AvgIpc) is 2.99. The molecule has 2 aromatic rings. The van der Waals surface area contributed by atoms with Gasteiger partial charge in [0, 0.05) is 17.7 Å². The number of halogens is 5. The van der Waals surface area contributed by atoms with Crippen LogP contribution in [0.25, 0.3) is 0 Å². The second-order valence-corrected chi connectivity index (χ2v) is 7.05. The zero-order chi connectivity index (χ0) is 23.1. The quantitative estimate of drug-likeness (QED) is 0.715. The lowest BCUT2D eigenvalue weighted by Crippen LogP contribution is -2.43. The van der Waals surface area contributed by atoms with Crippen molar-refractivity contribution in [3.8, 4) is 0 Å². The van der Waals surface area contributed by atoms with Crippen molar-refractivity contribution in [2.45, 2.75) is 19.3 Å². The molecule has 2 aromatic carbocycles. The monoisotopic (exact) mass is 444 g/mol. The first kappa shape index (κ1) is 22.3. The molecule has 0 bridgehead atoms. The minimum Gasteiger partial charge on any atom is -0.366 e. The molecule has 0 atom stereocenters. The Bertz CT molecular complexity index is 1040. The van der Waals surface area contributed by atoms with E-state index < -0.39 is 35.3 Å². The summed E-state index contributed by atoms with van der Waals surface area (Å²) in [5.41, 5.74) is 4.72. The Kier molecular flexibility index (Phi) is 5.77. The first-order valence-corrected chi connectivity index (χ1v) is 8.80. The van der Waals surface area contributed by atoms with Crippen molar-refractivity contribution in [2.75, 3.05) is 24.3 Å². The number of nitrogens with two attached hydrogens (primary N) is 1. The highest BCUT2D eigenvalue weighted by Gasteiger charge is 2.46. The number of rotatable bonds is 5. The van der Waals surface area contributed by atoms with E-state index in [1.54, 1.807) is 19.0 Å². The fourth-order valence-electron chi connectivity index (χ4n) is 3.12. The molecule has 166 valence electrons. The Morgan fingerprint density at radius 2 is 1.84 bits per heavy atom. The molecule has 7 nitrogen and oxygen atoms in total. The fraction of sp³-hybridized carbons (Fsp3) is 0.263. The van der Waals surface area contributed by atoms with Gasteiger partial charge in [0.05, 0.1) is 17.8 Å². The Morgan fingerprint density at radius 1 is 1.16 bits per heavy atom. The van der Waals surface area contributed by atoms with Crippen LogP contribution in [0.4, 0.5) is 33.3 Å². The molecular formula is C19H17F5N4O3. The number of hydrogen-bond donors (Lipinski definition) is 1. The van der Waals surface area contributed by atoms with E-state index in [1.165, 1.54) is 12.1 Å². The Hall–Kier alpha value is -3.41. The van der Waals surface area contributed by atoms with Crippen LogP contribution in [0.1, 0.15) is 21.5 Å². The third kappa shape index (κ3) is 4.53. The van der Waals surface area contributed by atoms with Crippen LogP contribution in [0.5, 0.6) is 0 Å². The van der Waals surface area contributed by atoms with Crippen LogP contribution in [-0.4, -0.2) is 37.0 Å². The number of fused-ring (bicyclic) bond motifs is 1. The van der Waals surface area contributed by atoms with E-state index in [0.717, 1.165) is 17.1 Å². The summed E-state index contributed by atoms with van der Waals surface area (Å²) in [4.78, 5) is 29.5. The third-order valence-electron chi connectivity index (χ3n) is 4.37. The van der Waals surface area contributed by atoms with Gasteiger partial charge in [0.1, 0.15) is 17.3 Å². The summed E-state index contributed by atoms with van der Waals surface area (Å²) in [5.74, 6) is -5.28. The fourth-order valence-corrected chi connectivity index (χ4v) is 3.12. The summed E-state index contributed by atoms with van der Waals surface area (Å²) >= 11 is 0. The molecule has 0 fully saturated rings. The number of hydrazine groups is 1. The number of nitrogens with zero attached hydrogens (tertiary/aromatic N) is 3. The molecule has 0 saturated heterocycles. The van der Waals surface area contributed by atoms with Gasteiger partial charge in [-0.3, -0.25) is 4.79 Å². The molecule has 0 radical (unpaired) electrons. The van der Waals surface area contributed by atoms with Gasteiger partial charge in [0.2, 0.25) is 0 Å². The zero-order valence-corrected chi connectivity index (χ0v) is 16.3. The van der Waals surface area contributed by atoms with Crippen LogP contribution in [0.3, 0.4) is 0 Å². The van der Waals surface area contributed by atoms with Crippen molar-refractivity contribution in [3.63, 3.8) is 0 Å². The van der Waals surface area contributed by atoms with Crippen LogP contribution >= 0.6 is 0 Å². The zero-order valence-electron chi connectivity index (χ0n) is 16.3. The first-order chi connectivity index (χ1) is 14.4. The van der Waals surface area contributed by atoms with E-state index >= 15 is 0 Å². The predicted molar refractivity (Wildman–Crippen MR) is 99.5 cm³/mol. The topological polar surface area (TPSA) is 79.1 Å². The number of amides is 1. The normalized spacial score (nSPS) is 13.5. The lowest BCUT2D eigenvalue weighted by molar-refractivity contribution is -0.201. The van der Waals surface area contributed by atoms with Gasteiger partial charge >= 0.3 is 12.1 Å². The largest absolute Gasteiger partial charge is 0.493 e. The molecule has 31 heavy (non-hydrogen) atoms. The second-order valence-electron chi connectivity index (χ2n) is 7.05. The minimum atomic E-state index is -5.36. The molecule has 0 aliphatic carbocycles. The summed E-state index contributed by atoms with van der Waals surface area (Å²) in [6.07, 6.45) is -5.36.